The Kier molecular flexibility index (Phi) is 3.62. The van der Waals surface area contributed by atoms with Gasteiger partial charge in [0.05, 0.1) is 0 Å². The number of amides is 1. The molecule has 0 saturated heterocycles. The van der Waals surface area contributed by atoms with Crippen LogP contribution in [0.5, 0.6) is 0 Å². The Labute approximate surface area is 93.1 Å². The summed E-state index contributed by atoms with van der Waals surface area (Å²) in [6.45, 7) is 6.92. The highest BCUT2D eigenvalue weighted by molar-refractivity contribution is 7.16. The SMILES string of the molecule is CCC(C)(C)CNC(=O)c1nnc(N)s1. The van der Waals surface area contributed by atoms with E-state index in [1.165, 1.54) is 0 Å². The largest absolute Gasteiger partial charge is 0.374 e. The van der Waals surface area contributed by atoms with Gasteiger partial charge in [-0.15, -0.1) is 10.2 Å². The number of nitrogens with zero attached hydrogens (tertiary/aromatic N) is 2. The Morgan fingerprint density at radius 3 is 2.67 bits per heavy atom. The predicted octanol–water partition coefficient (Wildman–Crippen LogP) is 1.29. The minimum Gasteiger partial charge on any atom is -0.374 e. The Bertz CT molecular complexity index is 348. The van der Waals surface area contributed by atoms with Crippen LogP contribution in [0.25, 0.3) is 0 Å². The summed E-state index contributed by atoms with van der Waals surface area (Å²) >= 11 is 1.10. The van der Waals surface area contributed by atoms with Gasteiger partial charge in [0.15, 0.2) is 0 Å². The quantitative estimate of drug-likeness (QED) is 0.813. The fraction of sp³-hybridized carbons (Fsp3) is 0.667. The second kappa shape index (κ2) is 4.57. The minimum atomic E-state index is -0.203. The highest BCUT2D eigenvalue weighted by Crippen LogP contribution is 2.18. The van der Waals surface area contributed by atoms with Crippen LogP contribution in [0.2, 0.25) is 0 Å². The first-order valence-electron chi connectivity index (χ1n) is 4.82. The molecule has 1 rings (SSSR count). The third-order valence-electron chi connectivity index (χ3n) is 2.32. The van der Waals surface area contributed by atoms with E-state index in [1.807, 2.05) is 0 Å². The number of nitrogens with two attached hydrogens (primary N) is 1. The standard InChI is InChI=1S/C9H16N4OS/c1-4-9(2,3)5-11-6(14)7-12-13-8(10)15-7/h4-5H2,1-3H3,(H2,10,13)(H,11,14). The van der Waals surface area contributed by atoms with Gasteiger partial charge in [-0.2, -0.15) is 0 Å². The van der Waals surface area contributed by atoms with E-state index in [0.29, 0.717) is 16.7 Å². The van der Waals surface area contributed by atoms with Crippen LogP contribution in [0.1, 0.15) is 37.0 Å². The second-order valence-corrected chi connectivity index (χ2v) is 5.15. The molecule has 0 aromatic carbocycles. The van der Waals surface area contributed by atoms with Crippen molar-refractivity contribution >= 4 is 22.4 Å². The molecule has 1 amide bonds. The molecule has 0 spiro atoms. The Hall–Kier alpha value is -1.17. The van der Waals surface area contributed by atoms with Crippen molar-refractivity contribution in [1.82, 2.24) is 15.5 Å². The van der Waals surface area contributed by atoms with Gasteiger partial charge in [-0.3, -0.25) is 4.79 Å². The van der Waals surface area contributed by atoms with E-state index in [-0.39, 0.29) is 11.3 Å². The van der Waals surface area contributed by atoms with E-state index >= 15 is 0 Å². The number of nitrogens with one attached hydrogen (secondary N) is 1. The van der Waals surface area contributed by atoms with Gasteiger partial charge < -0.3 is 11.1 Å². The summed E-state index contributed by atoms with van der Waals surface area (Å²) in [5, 5.41) is 10.7. The number of carbonyl (C=O) groups is 1. The van der Waals surface area contributed by atoms with Gasteiger partial charge >= 0.3 is 0 Å². The molecule has 0 fully saturated rings. The molecule has 1 heterocycles. The van der Waals surface area contributed by atoms with E-state index in [0.717, 1.165) is 17.8 Å². The summed E-state index contributed by atoms with van der Waals surface area (Å²) in [6, 6.07) is 0. The van der Waals surface area contributed by atoms with Crippen LogP contribution in [0, 0.1) is 5.41 Å². The number of aromatic nitrogens is 2. The monoisotopic (exact) mass is 228 g/mol. The zero-order valence-electron chi connectivity index (χ0n) is 9.20. The number of nitrogen functional groups attached to an aromatic ring is 1. The van der Waals surface area contributed by atoms with Gasteiger partial charge in [-0.1, -0.05) is 32.1 Å². The van der Waals surface area contributed by atoms with Crippen molar-refractivity contribution in [2.45, 2.75) is 27.2 Å². The van der Waals surface area contributed by atoms with Gasteiger partial charge in [0.1, 0.15) is 0 Å². The average molecular weight is 228 g/mol. The second-order valence-electron chi connectivity index (χ2n) is 4.15. The molecule has 0 bridgehead atoms. The summed E-state index contributed by atoms with van der Waals surface area (Å²) in [6.07, 6.45) is 1.01. The first kappa shape index (κ1) is 11.9. The third-order valence-corrected chi connectivity index (χ3v) is 3.07. The number of carbonyl (C=O) groups excluding carboxylic acids is 1. The van der Waals surface area contributed by atoms with Crippen molar-refractivity contribution in [1.29, 1.82) is 0 Å². The molecule has 0 aliphatic rings. The van der Waals surface area contributed by atoms with Gasteiger partial charge in [-0.25, -0.2) is 0 Å². The van der Waals surface area contributed by atoms with Gasteiger partial charge in [0, 0.05) is 6.54 Å². The lowest BCUT2D eigenvalue weighted by Crippen LogP contribution is -2.33. The number of rotatable bonds is 4. The molecule has 0 radical (unpaired) electrons. The van der Waals surface area contributed by atoms with Crippen LogP contribution >= 0.6 is 11.3 Å². The molecule has 3 N–H and O–H groups in total. The number of anilines is 1. The van der Waals surface area contributed by atoms with Crippen molar-refractivity contribution in [2.75, 3.05) is 12.3 Å². The lowest BCUT2D eigenvalue weighted by atomic mass is 9.90. The fourth-order valence-corrected chi connectivity index (χ4v) is 1.37. The van der Waals surface area contributed by atoms with Crippen molar-refractivity contribution < 1.29 is 4.79 Å². The smallest absolute Gasteiger partial charge is 0.282 e. The summed E-state index contributed by atoms with van der Waals surface area (Å²) < 4.78 is 0. The maximum Gasteiger partial charge on any atom is 0.282 e. The van der Waals surface area contributed by atoms with Gasteiger partial charge in [0.2, 0.25) is 10.1 Å². The van der Waals surface area contributed by atoms with Crippen LogP contribution in [-0.4, -0.2) is 22.6 Å². The van der Waals surface area contributed by atoms with Crippen LogP contribution in [0.4, 0.5) is 5.13 Å². The third kappa shape index (κ3) is 3.47. The molecule has 0 saturated carbocycles. The highest BCUT2D eigenvalue weighted by Gasteiger charge is 2.18. The Morgan fingerprint density at radius 1 is 1.53 bits per heavy atom. The molecular weight excluding hydrogens is 212 g/mol. The molecule has 0 unspecified atom stereocenters. The first-order valence-corrected chi connectivity index (χ1v) is 5.63. The molecule has 0 aliphatic heterocycles. The summed E-state index contributed by atoms with van der Waals surface area (Å²) in [5.74, 6) is -0.203. The van der Waals surface area contributed by atoms with Crippen LogP contribution in [0.15, 0.2) is 0 Å². The number of hydrogen-bond donors (Lipinski definition) is 2. The predicted molar refractivity (Wildman–Crippen MR) is 60.7 cm³/mol. The topological polar surface area (TPSA) is 80.9 Å². The Balaban J connectivity index is 2.50. The summed E-state index contributed by atoms with van der Waals surface area (Å²) in [7, 11) is 0. The van der Waals surface area contributed by atoms with E-state index in [1.54, 1.807) is 0 Å². The lowest BCUT2D eigenvalue weighted by Gasteiger charge is -2.22. The summed E-state index contributed by atoms with van der Waals surface area (Å²) in [4.78, 5) is 11.6. The highest BCUT2D eigenvalue weighted by atomic mass is 32.1. The van der Waals surface area contributed by atoms with Crippen molar-refractivity contribution in [3.63, 3.8) is 0 Å². The van der Waals surface area contributed by atoms with E-state index < -0.39 is 0 Å². The molecule has 6 heteroatoms. The molecule has 15 heavy (non-hydrogen) atoms. The van der Waals surface area contributed by atoms with E-state index in [2.05, 4.69) is 36.3 Å². The molecule has 1 aromatic heterocycles. The molecule has 0 atom stereocenters. The number of hydrogen-bond acceptors (Lipinski definition) is 5. The average Bonchev–Trinajstić information content (AvgIpc) is 2.61. The van der Waals surface area contributed by atoms with E-state index in [4.69, 9.17) is 5.73 Å². The van der Waals surface area contributed by atoms with Gasteiger partial charge in [-0.05, 0) is 11.8 Å². The lowest BCUT2D eigenvalue weighted by molar-refractivity contribution is 0.0934. The van der Waals surface area contributed by atoms with E-state index in [9.17, 15) is 4.79 Å². The maximum absolute atomic E-state index is 11.6. The zero-order valence-corrected chi connectivity index (χ0v) is 10.0. The van der Waals surface area contributed by atoms with Crippen molar-refractivity contribution in [3.8, 4) is 0 Å². The molecule has 5 nitrogen and oxygen atoms in total. The minimum absolute atomic E-state index is 0.103. The van der Waals surface area contributed by atoms with Crippen molar-refractivity contribution in [3.05, 3.63) is 5.01 Å². The Morgan fingerprint density at radius 2 is 2.20 bits per heavy atom. The fourth-order valence-electron chi connectivity index (χ4n) is 0.846. The van der Waals surface area contributed by atoms with Crippen molar-refractivity contribution in [2.24, 2.45) is 5.41 Å². The van der Waals surface area contributed by atoms with Crippen LogP contribution < -0.4 is 11.1 Å². The van der Waals surface area contributed by atoms with Gasteiger partial charge in [0.25, 0.3) is 5.91 Å². The van der Waals surface area contributed by atoms with Crippen LogP contribution in [-0.2, 0) is 0 Å². The first-order chi connectivity index (χ1) is 6.94. The molecule has 84 valence electrons. The normalized spacial score (nSPS) is 11.4. The zero-order chi connectivity index (χ0) is 11.5. The van der Waals surface area contributed by atoms with Crippen LogP contribution in [0.3, 0.4) is 0 Å². The molecular formula is C9H16N4OS. The molecule has 0 aliphatic carbocycles. The summed E-state index contributed by atoms with van der Waals surface area (Å²) in [5.41, 5.74) is 5.49. The maximum atomic E-state index is 11.6. The molecule has 1 aromatic rings.